The molecule has 0 aromatic rings. The van der Waals surface area contributed by atoms with E-state index in [-0.39, 0.29) is 0 Å². The van der Waals surface area contributed by atoms with Gasteiger partial charge >= 0.3 is 0 Å². The Kier molecular flexibility index (Phi) is 4.72. The molecule has 1 nitrogen and oxygen atoms in total. The van der Waals surface area contributed by atoms with Crippen LogP contribution in [0.5, 0.6) is 0 Å². The molecule has 0 spiro atoms. The van der Waals surface area contributed by atoms with Crippen molar-refractivity contribution in [2.45, 2.75) is 51.8 Å². The molecule has 0 aromatic heterocycles. The smallest absolute Gasteiger partial charge is 0.0339 e. The van der Waals surface area contributed by atoms with Crippen molar-refractivity contribution in [2.24, 2.45) is 11.3 Å². The van der Waals surface area contributed by atoms with Crippen molar-refractivity contribution >= 4 is 11.6 Å². The summed E-state index contributed by atoms with van der Waals surface area (Å²) in [6, 6.07) is 0. The minimum Gasteiger partial charge on any atom is -0.316 e. The second-order valence-corrected chi connectivity index (χ2v) is 6.41. The number of halogens is 1. The van der Waals surface area contributed by atoms with Crippen LogP contribution in [0.2, 0.25) is 0 Å². The van der Waals surface area contributed by atoms with Crippen LogP contribution < -0.4 is 5.32 Å². The highest BCUT2D eigenvalue weighted by Crippen LogP contribution is 2.28. The highest BCUT2D eigenvalue weighted by Gasteiger charge is 2.22. The van der Waals surface area contributed by atoms with Crippen LogP contribution in [0, 0.1) is 11.3 Å². The standard InChI is InChI=1S/C12H24ClN/c1-12(2,3)6-7-14-9-10-4-5-11(13)8-10/h10-11,14H,4-9H2,1-3H3. The summed E-state index contributed by atoms with van der Waals surface area (Å²) in [5.41, 5.74) is 0.456. The van der Waals surface area contributed by atoms with Crippen molar-refractivity contribution in [3.8, 4) is 0 Å². The SMILES string of the molecule is CC(C)(C)CCNCC1CCC(Cl)C1. The molecule has 2 unspecified atom stereocenters. The number of nitrogens with one attached hydrogen (secondary N) is 1. The van der Waals surface area contributed by atoms with Gasteiger partial charge in [0.2, 0.25) is 0 Å². The molecule has 1 rings (SSSR count). The summed E-state index contributed by atoms with van der Waals surface area (Å²) < 4.78 is 0. The molecule has 0 radical (unpaired) electrons. The lowest BCUT2D eigenvalue weighted by molar-refractivity contribution is 0.358. The van der Waals surface area contributed by atoms with Crippen molar-refractivity contribution in [3.63, 3.8) is 0 Å². The predicted molar refractivity (Wildman–Crippen MR) is 63.9 cm³/mol. The van der Waals surface area contributed by atoms with Crippen molar-refractivity contribution < 1.29 is 0 Å². The van der Waals surface area contributed by atoms with Crippen molar-refractivity contribution in [3.05, 3.63) is 0 Å². The van der Waals surface area contributed by atoms with Crippen LogP contribution in [0.1, 0.15) is 46.5 Å². The third kappa shape index (κ3) is 5.21. The van der Waals surface area contributed by atoms with Gasteiger partial charge in [-0.1, -0.05) is 20.8 Å². The van der Waals surface area contributed by atoms with Gasteiger partial charge in [-0.15, -0.1) is 11.6 Å². The van der Waals surface area contributed by atoms with E-state index in [9.17, 15) is 0 Å². The lowest BCUT2D eigenvalue weighted by atomic mass is 9.92. The van der Waals surface area contributed by atoms with E-state index in [0.717, 1.165) is 12.5 Å². The first-order valence-corrected chi connectivity index (χ1v) is 6.26. The van der Waals surface area contributed by atoms with Gasteiger partial charge in [-0.25, -0.2) is 0 Å². The van der Waals surface area contributed by atoms with E-state index in [0.29, 0.717) is 10.8 Å². The van der Waals surface area contributed by atoms with Crippen LogP contribution in [-0.4, -0.2) is 18.5 Å². The van der Waals surface area contributed by atoms with Crippen LogP contribution in [0.25, 0.3) is 0 Å². The Morgan fingerprint density at radius 3 is 2.50 bits per heavy atom. The fourth-order valence-electron chi connectivity index (χ4n) is 1.97. The molecule has 14 heavy (non-hydrogen) atoms. The maximum Gasteiger partial charge on any atom is 0.0339 e. The van der Waals surface area contributed by atoms with E-state index in [1.165, 1.54) is 32.2 Å². The third-order valence-corrected chi connectivity index (χ3v) is 3.36. The molecule has 0 amide bonds. The highest BCUT2D eigenvalue weighted by molar-refractivity contribution is 6.20. The second-order valence-electron chi connectivity index (χ2n) is 5.79. The first kappa shape index (κ1) is 12.3. The van der Waals surface area contributed by atoms with E-state index in [2.05, 4.69) is 26.1 Å². The fourth-order valence-corrected chi connectivity index (χ4v) is 2.35. The summed E-state index contributed by atoms with van der Waals surface area (Å²) in [6.45, 7) is 9.18. The predicted octanol–water partition coefficient (Wildman–Crippen LogP) is 3.42. The van der Waals surface area contributed by atoms with Gasteiger partial charge in [-0.2, -0.15) is 0 Å². The number of alkyl halides is 1. The summed E-state index contributed by atoms with van der Waals surface area (Å²) in [6.07, 6.45) is 5.00. The molecule has 2 heteroatoms. The van der Waals surface area contributed by atoms with Gasteiger partial charge in [0, 0.05) is 5.38 Å². The fraction of sp³-hybridized carbons (Fsp3) is 1.00. The molecular formula is C12H24ClN. The highest BCUT2D eigenvalue weighted by atomic mass is 35.5. The van der Waals surface area contributed by atoms with Gasteiger partial charge in [-0.3, -0.25) is 0 Å². The molecule has 1 aliphatic rings. The zero-order valence-electron chi connectivity index (χ0n) is 9.78. The lowest BCUT2D eigenvalue weighted by Gasteiger charge is -2.19. The van der Waals surface area contributed by atoms with Crippen molar-refractivity contribution in [1.82, 2.24) is 5.32 Å². The van der Waals surface area contributed by atoms with Gasteiger partial charge in [0.1, 0.15) is 0 Å². The molecule has 1 N–H and O–H groups in total. The van der Waals surface area contributed by atoms with E-state index in [1.54, 1.807) is 0 Å². The Morgan fingerprint density at radius 2 is 2.00 bits per heavy atom. The van der Waals surface area contributed by atoms with Crippen LogP contribution in [0.15, 0.2) is 0 Å². The topological polar surface area (TPSA) is 12.0 Å². The summed E-state index contributed by atoms with van der Waals surface area (Å²) in [4.78, 5) is 0. The Balaban J connectivity index is 1.99. The Morgan fingerprint density at radius 1 is 1.29 bits per heavy atom. The Labute approximate surface area is 93.6 Å². The van der Waals surface area contributed by atoms with E-state index in [1.807, 2.05) is 0 Å². The summed E-state index contributed by atoms with van der Waals surface area (Å²) in [5.74, 6) is 0.831. The molecule has 84 valence electrons. The molecule has 1 aliphatic carbocycles. The quantitative estimate of drug-likeness (QED) is 0.562. The summed E-state index contributed by atoms with van der Waals surface area (Å²) in [7, 11) is 0. The first-order valence-electron chi connectivity index (χ1n) is 5.82. The molecule has 0 saturated heterocycles. The van der Waals surface area contributed by atoms with E-state index >= 15 is 0 Å². The molecule has 2 atom stereocenters. The van der Waals surface area contributed by atoms with E-state index in [4.69, 9.17) is 11.6 Å². The molecule has 0 heterocycles. The first-order chi connectivity index (χ1) is 6.47. The molecule has 1 fully saturated rings. The van der Waals surface area contributed by atoms with Crippen LogP contribution in [0.4, 0.5) is 0 Å². The maximum atomic E-state index is 6.06. The number of rotatable bonds is 4. The maximum absolute atomic E-state index is 6.06. The Hall–Kier alpha value is 0.250. The molecule has 0 aromatic carbocycles. The van der Waals surface area contributed by atoms with Gasteiger partial charge in [0.05, 0.1) is 0 Å². The molecule has 0 aliphatic heterocycles. The van der Waals surface area contributed by atoms with Crippen molar-refractivity contribution in [2.75, 3.05) is 13.1 Å². The van der Waals surface area contributed by atoms with Gasteiger partial charge in [0.25, 0.3) is 0 Å². The second kappa shape index (κ2) is 5.37. The zero-order chi connectivity index (χ0) is 10.6. The van der Waals surface area contributed by atoms with Gasteiger partial charge < -0.3 is 5.32 Å². The summed E-state index contributed by atoms with van der Waals surface area (Å²) >= 11 is 6.06. The van der Waals surface area contributed by atoms with Gasteiger partial charge in [-0.05, 0) is 50.1 Å². The normalized spacial score (nSPS) is 28.3. The Bertz CT molecular complexity index is 162. The monoisotopic (exact) mass is 217 g/mol. The summed E-state index contributed by atoms with van der Waals surface area (Å²) in [5, 5.41) is 3.99. The lowest BCUT2D eigenvalue weighted by Crippen LogP contribution is -2.25. The molecular weight excluding hydrogens is 194 g/mol. The molecule has 0 bridgehead atoms. The average Bonchev–Trinajstić information content (AvgIpc) is 2.44. The van der Waals surface area contributed by atoms with Crippen LogP contribution >= 0.6 is 11.6 Å². The number of hydrogen-bond donors (Lipinski definition) is 1. The van der Waals surface area contributed by atoms with Crippen LogP contribution in [-0.2, 0) is 0 Å². The van der Waals surface area contributed by atoms with Crippen molar-refractivity contribution in [1.29, 1.82) is 0 Å². The average molecular weight is 218 g/mol. The van der Waals surface area contributed by atoms with Gasteiger partial charge in [0.15, 0.2) is 0 Å². The minimum atomic E-state index is 0.449. The molecule has 1 saturated carbocycles. The van der Waals surface area contributed by atoms with E-state index < -0.39 is 0 Å². The third-order valence-electron chi connectivity index (χ3n) is 2.96. The number of hydrogen-bond acceptors (Lipinski definition) is 1. The minimum absolute atomic E-state index is 0.449. The van der Waals surface area contributed by atoms with Crippen LogP contribution in [0.3, 0.4) is 0 Å². The largest absolute Gasteiger partial charge is 0.316 e. The zero-order valence-corrected chi connectivity index (χ0v) is 10.5.